The Balaban J connectivity index is 1.32. The fourth-order valence-corrected chi connectivity index (χ4v) is 5.58. The van der Waals surface area contributed by atoms with Crippen molar-refractivity contribution in [2.75, 3.05) is 46.4 Å². The van der Waals surface area contributed by atoms with Crippen molar-refractivity contribution in [3.63, 3.8) is 0 Å². The highest BCUT2D eigenvalue weighted by Crippen LogP contribution is 2.24. The molecule has 3 aliphatic rings. The Morgan fingerprint density at radius 3 is 2.69 bits per heavy atom. The number of hydrogen-bond donors (Lipinski definition) is 0. The molecular weight excluding hydrogens is 442 g/mol. The third-order valence-corrected chi connectivity index (χ3v) is 7.67. The van der Waals surface area contributed by atoms with E-state index < -0.39 is 0 Å². The summed E-state index contributed by atoms with van der Waals surface area (Å²) in [6.45, 7) is 5.07. The van der Waals surface area contributed by atoms with Gasteiger partial charge < -0.3 is 19.4 Å². The van der Waals surface area contributed by atoms with Gasteiger partial charge in [-0.05, 0) is 69.3 Å². The van der Waals surface area contributed by atoms with E-state index in [-0.39, 0.29) is 11.8 Å². The molecule has 2 aromatic rings. The standard InChI is InChI=1S/C27H37N5O3/c1-29-15-16-32-25(27(29)34)20-24(28-32)26(33)31-14-5-4-13-30-12-3-2-8-22(30)11-10-21-7-6-9-23(19-21)35-18-17-31/h6-7,9,19-20,22H,2-5,8,10-18H2,1H3. The first kappa shape index (κ1) is 23.9. The molecule has 2 amide bonds. The van der Waals surface area contributed by atoms with Crippen LogP contribution < -0.4 is 4.74 Å². The van der Waals surface area contributed by atoms with Crippen LogP contribution in [0.25, 0.3) is 0 Å². The van der Waals surface area contributed by atoms with Crippen molar-refractivity contribution < 1.29 is 14.3 Å². The Labute approximate surface area is 207 Å². The van der Waals surface area contributed by atoms with Crippen LogP contribution in [0.5, 0.6) is 5.75 Å². The molecule has 1 aromatic heterocycles. The van der Waals surface area contributed by atoms with Gasteiger partial charge in [-0.25, -0.2) is 0 Å². The summed E-state index contributed by atoms with van der Waals surface area (Å²) in [4.78, 5) is 32.1. The second kappa shape index (κ2) is 10.8. The number of aryl methyl sites for hydroxylation is 1. The van der Waals surface area contributed by atoms with E-state index >= 15 is 0 Å². The molecule has 1 atom stereocenters. The zero-order chi connectivity index (χ0) is 24.2. The van der Waals surface area contributed by atoms with Crippen LogP contribution in [-0.4, -0.2) is 88.7 Å². The van der Waals surface area contributed by atoms with Gasteiger partial charge in [-0.2, -0.15) is 5.10 Å². The van der Waals surface area contributed by atoms with Gasteiger partial charge in [-0.15, -0.1) is 0 Å². The molecule has 3 aliphatic heterocycles. The van der Waals surface area contributed by atoms with E-state index in [9.17, 15) is 9.59 Å². The van der Waals surface area contributed by atoms with Gasteiger partial charge in [0.1, 0.15) is 18.1 Å². The van der Waals surface area contributed by atoms with Crippen LogP contribution in [0.4, 0.5) is 0 Å². The lowest BCUT2D eigenvalue weighted by Crippen LogP contribution is -2.41. The zero-order valence-corrected chi connectivity index (χ0v) is 20.8. The van der Waals surface area contributed by atoms with Crippen LogP contribution in [0.2, 0.25) is 0 Å². The number of ether oxygens (including phenoxy) is 1. The molecule has 5 rings (SSSR count). The summed E-state index contributed by atoms with van der Waals surface area (Å²) in [6, 6.07) is 10.7. The molecular formula is C27H37N5O3. The molecule has 4 heterocycles. The van der Waals surface area contributed by atoms with E-state index in [0.717, 1.165) is 31.6 Å². The number of fused-ring (bicyclic) bond motifs is 4. The molecule has 188 valence electrons. The Bertz CT molecular complexity index is 1050. The number of carbonyl (C=O) groups is 2. The minimum atomic E-state index is -0.125. The monoisotopic (exact) mass is 479 g/mol. The smallest absolute Gasteiger partial charge is 0.274 e. The largest absolute Gasteiger partial charge is 0.492 e. The summed E-state index contributed by atoms with van der Waals surface area (Å²) in [5, 5.41) is 4.48. The van der Waals surface area contributed by atoms with Crippen molar-refractivity contribution in [3.8, 4) is 5.75 Å². The summed E-state index contributed by atoms with van der Waals surface area (Å²) in [5.74, 6) is 0.649. The molecule has 0 aliphatic carbocycles. The highest BCUT2D eigenvalue weighted by Gasteiger charge is 2.28. The number of likely N-dealkylation sites (N-methyl/N-ethyl adjacent to an activating group) is 1. The number of piperidine rings is 1. The van der Waals surface area contributed by atoms with Gasteiger partial charge in [0.25, 0.3) is 11.8 Å². The summed E-state index contributed by atoms with van der Waals surface area (Å²) in [6.07, 6.45) is 8.15. The lowest BCUT2D eigenvalue weighted by atomic mass is 9.95. The fourth-order valence-electron chi connectivity index (χ4n) is 5.58. The summed E-state index contributed by atoms with van der Waals surface area (Å²) >= 11 is 0. The van der Waals surface area contributed by atoms with E-state index in [2.05, 4.69) is 28.2 Å². The van der Waals surface area contributed by atoms with Crippen LogP contribution in [0, 0.1) is 0 Å². The number of carbonyl (C=O) groups excluding carboxylic acids is 2. The van der Waals surface area contributed by atoms with E-state index in [4.69, 9.17) is 4.74 Å². The second-order valence-electron chi connectivity index (χ2n) is 10.1. The average Bonchev–Trinajstić information content (AvgIpc) is 3.31. The van der Waals surface area contributed by atoms with Crippen molar-refractivity contribution in [1.82, 2.24) is 24.5 Å². The van der Waals surface area contributed by atoms with Gasteiger partial charge in [0.2, 0.25) is 0 Å². The molecule has 2 bridgehead atoms. The normalized spacial score (nSPS) is 22.4. The summed E-state index contributed by atoms with van der Waals surface area (Å²) < 4.78 is 7.74. The minimum absolute atomic E-state index is 0.0841. The van der Waals surface area contributed by atoms with Crippen LogP contribution in [0.1, 0.15) is 65.1 Å². The van der Waals surface area contributed by atoms with Crippen molar-refractivity contribution in [1.29, 1.82) is 0 Å². The predicted octanol–water partition coefficient (Wildman–Crippen LogP) is 3.07. The maximum Gasteiger partial charge on any atom is 0.274 e. The molecule has 35 heavy (non-hydrogen) atoms. The zero-order valence-electron chi connectivity index (χ0n) is 20.8. The van der Waals surface area contributed by atoms with Gasteiger partial charge in [0.05, 0.1) is 13.1 Å². The number of rotatable bonds is 1. The number of amides is 2. The molecule has 1 fully saturated rings. The van der Waals surface area contributed by atoms with Crippen LogP contribution >= 0.6 is 0 Å². The third kappa shape index (κ3) is 5.53. The molecule has 8 nitrogen and oxygen atoms in total. The van der Waals surface area contributed by atoms with Gasteiger partial charge in [0.15, 0.2) is 5.69 Å². The van der Waals surface area contributed by atoms with Gasteiger partial charge in [-0.3, -0.25) is 14.3 Å². The Kier molecular flexibility index (Phi) is 7.37. The average molecular weight is 480 g/mol. The maximum absolute atomic E-state index is 13.5. The topological polar surface area (TPSA) is 70.9 Å². The number of benzene rings is 1. The Morgan fingerprint density at radius 1 is 0.971 bits per heavy atom. The van der Waals surface area contributed by atoms with E-state index in [1.807, 2.05) is 11.0 Å². The predicted molar refractivity (Wildman–Crippen MR) is 134 cm³/mol. The highest BCUT2D eigenvalue weighted by atomic mass is 16.5. The molecule has 1 aromatic carbocycles. The van der Waals surface area contributed by atoms with Crippen LogP contribution in [0.15, 0.2) is 30.3 Å². The third-order valence-electron chi connectivity index (χ3n) is 7.67. The number of aromatic nitrogens is 2. The molecule has 0 spiro atoms. The SMILES string of the molecule is CN1CCn2nc(C(=O)N3CCCCN4CCCCC4CCc4cccc(c4)OCC3)cc2C1=O. The summed E-state index contributed by atoms with van der Waals surface area (Å²) in [5.41, 5.74) is 2.15. The molecule has 1 saturated heterocycles. The molecule has 1 unspecified atom stereocenters. The quantitative estimate of drug-likeness (QED) is 0.629. The van der Waals surface area contributed by atoms with E-state index in [1.165, 1.54) is 37.8 Å². The first-order valence-electron chi connectivity index (χ1n) is 13.2. The fraction of sp³-hybridized carbons (Fsp3) is 0.593. The minimum Gasteiger partial charge on any atom is -0.492 e. The number of nitrogens with zero attached hydrogens (tertiary/aromatic N) is 5. The first-order valence-corrected chi connectivity index (χ1v) is 13.2. The van der Waals surface area contributed by atoms with E-state index in [0.29, 0.717) is 50.2 Å². The second-order valence-corrected chi connectivity index (χ2v) is 10.1. The molecule has 8 heteroatoms. The van der Waals surface area contributed by atoms with Crippen molar-refractivity contribution in [2.24, 2.45) is 0 Å². The summed E-state index contributed by atoms with van der Waals surface area (Å²) in [7, 11) is 1.78. The van der Waals surface area contributed by atoms with Crippen molar-refractivity contribution in [2.45, 2.75) is 57.5 Å². The lowest BCUT2D eigenvalue weighted by molar-refractivity contribution is 0.0710. The van der Waals surface area contributed by atoms with Gasteiger partial charge in [-0.1, -0.05) is 18.6 Å². The van der Waals surface area contributed by atoms with Crippen molar-refractivity contribution >= 4 is 11.8 Å². The molecule has 0 N–H and O–H groups in total. The Morgan fingerprint density at radius 2 is 1.80 bits per heavy atom. The van der Waals surface area contributed by atoms with Gasteiger partial charge >= 0.3 is 0 Å². The lowest BCUT2D eigenvalue weighted by Gasteiger charge is -2.36. The van der Waals surface area contributed by atoms with Gasteiger partial charge in [0, 0.05) is 32.2 Å². The van der Waals surface area contributed by atoms with E-state index in [1.54, 1.807) is 22.7 Å². The van der Waals surface area contributed by atoms with Crippen LogP contribution in [0.3, 0.4) is 0 Å². The maximum atomic E-state index is 13.5. The highest BCUT2D eigenvalue weighted by molar-refractivity contribution is 5.98. The molecule has 0 radical (unpaired) electrons. The Hall–Kier alpha value is -2.87. The van der Waals surface area contributed by atoms with Crippen LogP contribution in [-0.2, 0) is 13.0 Å². The number of hydrogen-bond acceptors (Lipinski definition) is 5. The first-order chi connectivity index (χ1) is 17.1. The molecule has 0 saturated carbocycles. The van der Waals surface area contributed by atoms with Crippen molar-refractivity contribution in [3.05, 3.63) is 47.3 Å².